The molecular formula is C21H24ClNO5. The molecule has 1 N–H and O–H groups in total. The molecule has 0 spiro atoms. The van der Waals surface area contributed by atoms with Crippen molar-refractivity contribution in [2.45, 2.75) is 26.7 Å². The number of benzene rings is 2. The van der Waals surface area contributed by atoms with Gasteiger partial charge in [0.15, 0.2) is 18.1 Å². The molecule has 28 heavy (non-hydrogen) atoms. The summed E-state index contributed by atoms with van der Waals surface area (Å²) < 4.78 is 16.4. The van der Waals surface area contributed by atoms with Crippen LogP contribution in [-0.2, 0) is 9.53 Å². The highest BCUT2D eigenvalue weighted by Crippen LogP contribution is 2.29. The molecule has 2 aromatic rings. The van der Waals surface area contributed by atoms with Crippen LogP contribution in [0, 0.1) is 0 Å². The number of amides is 1. The van der Waals surface area contributed by atoms with E-state index >= 15 is 0 Å². The summed E-state index contributed by atoms with van der Waals surface area (Å²) in [6.45, 7) is 4.62. The number of anilines is 1. The fraction of sp³-hybridized carbons (Fsp3) is 0.333. The number of ether oxygens (including phenoxy) is 3. The van der Waals surface area contributed by atoms with Gasteiger partial charge in [-0.3, -0.25) is 4.79 Å². The molecule has 0 aliphatic carbocycles. The Hall–Kier alpha value is -2.73. The predicted octanol–water partition coefficient (Wildman–Crippen LogP) is 4.71. The number of rotatable bonds is 10. The lowest BCUT2D eigenvalue weighted by atomic mass is 10.2. The molecule has 2 rings (SSSR count). The third-order valence-electron chi connectivity index (χ3n) is 3.59. The first kappa shape index (κ1) is 21.6. The Bertz CT molecular complexity index is 809. The van der Waals surface area contributed by atoms with Crippen molar-refractivity contribution in [1.82, 2.24) is 0 Å². The lowest BCUT2D eigenvalue weighted by Gasteiger charge is -2.13. The predicted molar refractivity (Wildman–Crippen MR) is 108 cm³/mol. The van der Waals surface area contributed by atoms with E-state index in [9.17, 15) is 9.59 Å². The van der Waals surface area contributed by atoms with Crippen LogP contribution in [0.4, 0.5) is 5.69 Å². The Labute approximate surface area is 169 Å². The summed E-state index contributed by atoms with van der Waals surface area (Å²) >= 11 is 5.99. The van der Waals surface area contributed by atoms with Crippen molar-refractivity contribution in [3.63, 3.8) is 0 Å². The molecule has 0 atom stereocenters. The second-order valence-electron chi connectivity index (χ2n) is 5.96. The molecule has 1 amide bonds. The number of halogens is 1. The van der Waals surface area contributed by atoms with E-state index in [1.54, 1.807) is 42.5 Å². The minimum Gasteiger partial charge on any atom is -0.490 e. The molecule has 0 radical (unpaired) electrons. The van der Waals surface area contributed by atoms with Gasteiger partial charge < -0.3 is 19.5 Å². The van der Waals surface area contributed by atoms with Gasteiger partial charge in [-0.15, -0.1) is 0 Å². The zero-order chi connectivity index (χ0) is 20.4. The van der Waals surface area contributed by atoms with Gasteiger partial charge in [-0.1, -0.05) is 37.6 Å². The average Bonchev–Trinajstić information content (AvgIpc) is 2.70. The Kier molecular flexibility index (Phi) is 8.62. The first-order valence-electron chi connectivity index (χ1n) is 9.16. The van der Waals surface area contributed by atoms with Crippen LogP contribution in [0.3, 0.4) is 0 Å². The molecule has 0 bridgehead atoms. The number of carbonyl (C=O) groups excluding carboxylic acids is 2. The zero-order valence-electron chi connectivity index (χ0n) is 16.0. The van der Waals surface area contributed by atoms with Gasteiger partial charge in [0, 0.05) is 0 Å². The number of nitrogens with one attached hydrogen (secondary N) is 1. The Balaban J connectivity index is 1.98. The topological polar surface area (TPSA) is 73.9 Å². The Morgan fingerprint density at radius 3 is 2.32 bits per heavy atom. The second-order valence-corrected chi connectivity index (χ2v) is 6.37. The van der Waals surface area contributed by atoms with Crippen molar-refractivity contribution in [3.8, 4) is 11.5 Å². The number of esters is 1. The summed E-state index contributed by atoms with van der Waals surface area (Å²) in [6, 6.07) is 11.6. The lowest BCUT2D eigenvalue weighted by molar-refractivity contribution is -0.119. The highest BCUT2D eigenvalue weighted by molar-refractivity contribution is 6.33. The number of para-hydroxylation sites is 1. The number of carbonyl (C=O) groups is 2. The molecule has 0 aliphatic rings. The molecule has 7 heteroatoms. The lowest BCUT2D eigenvalue weighted by Crippen LogP contribution is -2.21. The number of hydrogen-bond acceptors (Lipinski definition) is 5. The van der Waals surface area contributed by atoms with Crippen LogP contribution in [0.25, 0.3) is 0 Å². The minimum absolute atomic E-state index is 0.278. The molecule has 0 aliphatic heterocycles. The SMILES string of the molecule is CCCOc1ccc(C(=O)OCC(=O)Nc2ccccc2Cl)cc1OCCC. The van der Waals surface area contributed by atoms with E-state index in [1.165, 1.54) is 0 Å². The van der Waals surface area contributed by atoms with Gasteiger partial charge in [0.05, 0.1) is 29.5 Å². The van der Waals surface area contributed by atoms with E-state index in [2.05, 4.69) is 5.32 Å². The summed E-state index contributed by atoms with van der Waals surface area (Å²) in [5, 5.41) is 3.00. The van der Waals surface area contributed by atoms with Crippen molar-refractivity contribution in [2.24, 2.45) is 0 Å². The highest BCUT2D eigenvalue weighted by atomic mass is 35.5. The molecule has 0 unspecified atom stereocenters. The second kappa shape index (κ2) is 11.2. The van der Waals surface area contributed by atoms with Gasteiger partial charge in [0.2, 0.25) is 0 Å². The van der Waals surface area contributed by atoms with Crippen LogP contribution in [0.5, 0.6) is 11.5 Å². The molecular weight excluding hydrogens is 382 g/mol. The first-order chi connectivity index (χ1) is 13.5. The molecule has 2 aromatic carbocycles. The van der Waals surface area contributed by atoms with Crippen molar-refractivity contribution >= 4 is 29.2 Å². The molecule has 0 heterocycles. The van der Waals surface area contributed by atoms with Gasteiger partial charge in [-0.25, -0.2) is 4.79 Å². The van der Waals surface area contributed by atoms with E-state index in [4.69, 9.17) is 25.8 Å². The monoisotopic (exact) mass is 405 g/mol. The van der Waals surface area contributed by atoms with Gasteiger partial charge in [-0.2, -0.15) is 0 Å². The fourth-order valence-electron chi connectivity index (χ4n) is 2.25. The Morgan fingerprint density at radius 1 is 0.964 bits per heavy atom. The minimum atomic E-state index is -0.627. The fourth-order valence-corrected chi connectivity index (χ4v) is 2.44. The third-order valence-corrected chi connectivity index (χ3v) is 3.91. The van der Waals surface area contributed by atoms with Crippen LogP contribution in [0.2, 0.25) is 5.02 Å². The summed E-state index contributed by atoms with van der Waals surface area (Å²) in [6.07, 6.45) is 1.68. The van der Waals surface area contributed by atoms with E-state index in [1.807, 2.05) is 13.8 Å². The molecule has 0 saturated heterocycles. The van der Waals surface area contributed by atoms with E-state index in [0.717, 1.165) is 12.8 Å². The Morgan fingerprint density at radius 2 is 1.64 bits per heavy atom. The largest absolute Gasteiger partial charge is 0.490 e. The van der Waals surface area contributed by atoms with Crippen molar-refractivity contribution in [3.05, 3.63) is 53.1 Å². The molecule has 0 fully saturated rings. The maximum Gasteiger partial charge on any atom is 0.338 e. The quantitative estimate of drug-likeness (QED) is 0.579. The van der Waals surface area contributed by atoms with Gasteiger partial charge in [0.25, 0.3) is 5.91 Å². The maximum absolute atomic E-state index is 12.3. The van der Waals surface area contributed by atoms with Crippen LogP contribution in [-0.4, -0.2) is 31.7 Å². The van der Waals surface area contributed by atoms with Crippen molar-refractivity contribution < 1.29 is 23.8 Å². The summed E-state index contributed by atoms with van der Waals surface area (Å²) in [5.41, 5.74) is 0.735. The van der Waals surface area contributed by atoms with Crippen LogP contribution < -0.4 is 14.8 Å². The van der Waals surface area contributed by atoms with Crippen LogP contribution in [0.1, 0.15) is 37.0 Å². The third kappa shape index (κ3) is 6.46. The van der Waals surface area contributed by atoms with Crippen molar-refractivity contribution in [1.29, 1.82) is 0 Å². The van der Waals surface area contributed by atoms with E-state index in [-0.39, 0.29) is 5.56 Å². The van der Waals surface area contributed by atoms with Crippen molar-refractivity contribution in [2.75, 3.05) is 25.1 Å². The van der Waals surface area contributed by atoms with Gasteiger partial charge >= 0.3 is 5.97 Å². The number of hydrogen-bond donors (Lipinski definition) is 1. The first-order valence-corrected chi connectivity index (χ1v) is 9.54. The maximum atomic E-state index is 12.3. The molecule has 150 valence electrons. The standard InChI is InChI=1S/C21H24ClNO5/c1-3-11-26-18-10-9-15(13-19(18)27-12-4-2)21(25)28-14-20(24)23-17-8-6-5-7-16(17)22/h5-10,13H,3-4,11-12,14H2,1-2H3,(H,23,24). The summed E-state index contributed by atoms with van der Waals surface area (Å²) in [7, 11) is 0. The molecule has 0 aromatic heterocycles. The molecule has 6 nitrogen and oxygen atoms in total. The van der Waals surface area contributed by atoms with Gasteiger partial charge in [-0.05, 0) is 43.2 Å². The van der Waals surface area contributed by atoms with E-state index < -0.39 is 18.5 Å². The molecule has 0 saturated carbocycles. The van der Waals surface area contributed by atoms with Crippen LogP contribution in [0.15, 0.2) is 42.5 Å². The zero-order valence-corrected chi connectivity index (χ0v) is 16.8. The van der Waals surface area contributed by atoms with Gasteiger partial charge in [0.1, 0.15) is 0 Å². The highest BCUT2D eigenvalue weighted by Gasteiger charge is 2.15. The summed E-state index contributed by atoms with van der Waals surface area (Å²) in [4.78, 5) is 24.3. The smallest absolute Gasteiger partial charge is 0.338 e. The van der Waals surface area contributed by atoms with Crippen LogP contribution >= 0.6 is 11.6 Å². The average molecular weight is 406 g/mol. The van der Waals surface area contributed by atoms with E-state index in [0.29, 0.717) is 35.4 Å². The summed E-state index contributed by atoms with van der Waals surface area (Å²) in [5.74, 6) is -0.0573. The normalized spacial score (nSPS) is 10.2.